The van der Waals surface area contributed by atoms with Crippen LogP contribution in [0.3, 0.4) is 0 Å². The van der Waals surface area contributed by atoms with Gasteiger partial charge in [0.1, 0.15) is 0 Å². The van der Waals surface area contributed by atoms with Gasteiger partial charge in [0.25, 0.3) is 0 Å². The van der Waals surface area contributed by atoms with Crippen molar-refractivity contribution in [3.8, 4) is 0 Å². The van der Waals surface area contributed by atoms with Gasteiger partial charge in [0.05, 0.1) is 0 Å². The van der Waals surface area contributed by atoms with E-state index < -0.39 is 0 Å². The molecule has 0 amide bonds. The first-order chi connectivity index (χ1) is 11.3. The van der Waals surface area contributed by atoms with Crippen LogP contribution < -0.4 is 0 Å². The Kier molecular flexibility index (Phi) is 9.09. The zero-order chi connectivity index (χ0) is 16.3. The van der Waals surface area contributed by atoms with E-state index in [1.165, 1.54) is 89.9 Å². The lowest BCUT2D eigenvalue weighted by molar-refractivity contribution is 0.283. The molecule has 2 aliphatic carbocycles. The predicted molar refractivity (Wildman–Crippen MR) is 104 cm³/mol. The molecule has 0 aliphatic heterocycles. The molecule has 2 aliphatic rings. The Bertz CT molecular complexity index is 354. The summed E-state index contributed by atoms with van der Waals surface area (Å²) >= 11 is 0. The Morgan fingerprint density at radius 3 is 2.17 bits per heavy atom. The number of rotatable bonds is 10. The Hall–Kier alpha value is -0.520. The Balaban J connectivity index is 1.63. The first-order valence-electron chi connectivity index (χ1n) is 10.7. The van der Waals surface area contributed by atoms with Gasteiger partial charge in [-0.15, -0.1) is 0 Å². The lowest BCUT2D eigenvalue weighted by atomic mass is 9.75. The van der Waals surface area contributed by atoms with E-state index in [0.717, 1.165) is 17.8 Å². The van der Waals surface area contributed by atoms with Gasteiger partial charge in [-0.2, -0.15) is 0 Å². The lowest BCUT2D eigenvalue weighted by Crippen LogP contribution is -2.17. The van der Waals surface area contributed by atoms with Gasteiger partial charge in [-0.25, -0.2) is 0 Å². The molecule has 0 heterocycles. The molecular weight excluding hydrogens is 276 g/mol. The lowest BCUT2D eigenvalue weighted by Gasteiger charge is -2.31. The van der Waals surface area contributed by atoms with Crippen LogP contribution in [0, 0.1) is 17.8 Å². The average Bonchev–Trinajstić information content (AvgIpc) is 2.60. The smallest absolute Gasteiger partial charge is 0.0165 e. The van der Waals surface area contributed by atoms with Crippen molar-refractivity contribution < 1.29 is 0 Å². The molecule has 0 aromatic heterocycles. The van der Waals surface area contributed by atoms with E-state index in [-0.39, 0.29) is 0 Å². The maximum absolute atomic E-state index is 2.59. The summed E-state index contributed by atoms with van der Waals surface area (Å²) < 4.78 is 0. The molecule has 0 aromatic carbocycles. The molecule has 0 saturated heterocycles. The summed E-state index contributed by atoms with van der Waals surface area (Å²) in [6.07, 6.45) is 27.6. The summed E-state index contributed by atoms with van der Waals surface area (Å²) in [5, 5.41) is 0. The molecule has 0 heteroatoms. The average molecular weight is 317 g/mol. The van der Waals surface area contributed by atoms with Crippen molar-refractivity contribution in [2.75, 3.05) is 0 Å². The topological polar surface area (TPSA) is 0 Å². The van der Waals surface area contributed by atoms with Gasteiger partial charge < -0.3 is 0 Å². The van der Waals surface area contributed by atoms with Crippen LogP contribution in [-0.2, 0) is 0 Å². The molecule has 1 fully saturated rings. The van der Waals surface area contributed by atoms with Crippen LogP contribution in [0.4, 0.5) is 0 Å². The highest BCUT2D eigenvalue weighted by Crippen LogP contribution is 2.38. The Morgan fingerprint density at radius 2 is 1.52 bits per heavy atom. The first kappa shape index (κ1) is 18.8. The van der Waals surface area contributed by atoms with Gasteiger partial charge in [-0.3, -0.25) is 0 Å². The number of hydrogen-bond donors (Lipinski definition) is 0. The molecule has 1 atom stereocenters. The quantitative estimate of drug-likeness (QED) is 0.360. The molecule has 0 bridgehead atoms. The maximum atomic E-state index is 2.59. The molecular formula is C23H40. The van der Waals surface area contributed by atoms with Gasteiger partial charge in [0.2, 0.25) is 0 Å². The summed E-state index contributed by atoms with van der Waals surface area (Å²) in [7, 11) is 0. The monoisotopic (exact) mass is 316 g/mol. The van der Waals surface area contributed by atoms with Crippen molar-refractivity contribution in [3.05, 3.63) is 23.8 Å². The fourth-order valence-corrected chi connectivity index (χ4v) is 4.50. The second-order valence-corrected chi connectivity index (χ2v) is 8.12. The van der Waals surface area contributed by atoms with Gasteiger partial charge >= 0.3 is 0 Å². The third-order valence-corrected chi connectivity index (χ3v) is 6.18. The van der Waals surface area contributed by atoms with Crippen molar-refractivity contribution in [1.29, 1.82) is 0 Å². The zero-order valence-electron chi connectivity index (χ0n) is 15.9. The minimum atomic E-state index is 0.834. The van der Waals surface area contributed by atoms with Gasteiger partial charge in [0, 0.05) is 0 Å². The number of allylic oxidation sites excluding steroid dienone is 4. The normalized spacial score (nSPS) is 27.9. The molecule has 0 N–H and O–H groups in total. The summed E-state index contributed by atoms with van der Waals surface area (Å²) in [6.45, 7) is 4.62. The zero-order valence-corrected chi connectivity index (χ0v) is 15.9. The van der Waals surface area contributed by atoms with E-state index in [2.05, 4.69) is 32.1 Å². The first-order valence-corrected chi connectivity index (χ1v) is 10.7. The molecule has 23 heavy (non-hydrogen) atoms. The molecule has 1 saturated carbocycles. The van der Waals surface area contributed by atoms with Crippen LogP contribution >= 0.6 is 0 Å². The van der Waals surface area contributed by atoms with Crippen molar-refractivity contribution in [3.63, 3.8) is 0 Å². The summed E-state index contributed by atoms with van der Waals surface area (Å²) in [5.41, 5.74) is 1.68. The molecule has 1 unspecified atom stereocenters. The SMILES string of the molecule is CCCCCCC1C=CC(C2CCC(CCCCC)CC2)=CC1. The molecule has 0 spiro atoms. The molecule has 0 aromatic rings. The van der Waals surface area contributed by atoms with Crippen LogP contribution in [0.25, 0.3) is 0 Å². The standard InChI is InChI=1S/C23H40/c1-3-5-7-9-11-21-14-18-23(19-15-21)22-16-12-20(13-17-22)10-8-6-4-2/h14,18-22H,3-13,15-17H2,1-2H3. The third kappa shape index (κ3) is 6.86. The van der Waals surface area contributed by atoms with Gasteiger partial charge in [0.15, 0.2) is 0 Å². The molecule has 132 valence electrons. The fraction of sp³-hybridized carbons (Fsp3) is 0.826. The van der Waals surface area contributed by atoms with Gasteiger partial charge in [-0.05, 0) is 61.9 Å². The molecule has 0 radical (unpaired) electrons. The summed E-state index contributed by atoms with van der Waals surface area (Å²) in [4.78, 5) is 0. The number of unbranched alkanes of at least 4 members (excludes halogenated alkanes) is 5. The second-order valence-electron chi connectivity index (χ2n) is 8.12. The van der Waals surface area contributed by atoms with E-state index in [0.29, 0.717) is 0 Å². The summed E-state index contributed by atoms with van der Waals surface area (Å²) in [5.74, 6) is 2.76. The van der Waals surface area contributed by atoms with Crippen LogP contribution in [0.5, 0.6) is 0 Å². The number of hydrogen-bond acceptors (Lipinski definition) is 0. The van der Waals surface area contributed by atoms with Crippen molar-refractivity contribution in [2.24, 2.45) is 17.8 Å². The highest BCUT2D eigenvalue weighted by Gasteiger charge is 2.23. The molecule has 0 nitrogen and oxygen atoms in total. The van der Waals surface area contributed by atoms with Gasteiger partial charge in [-0.1, -0.05) is 83.4 Å². The Labute approximate surface area is 145 Å². The van der Waals surface area contributed by atoms with Crippen LogP contribution in [-0.4, -0.2) is 0 Å². The van der Waals surface area contributed by atoms with Crippen LogP contribution in [0.2, 0.25) is 0 Å². The van der Waals surface area contributed by atoms with E-state index in [1.807, 2.05) is 0 Å². The van der Waals surface area contributed by atoms with E-state index in [9.17, 15) is 0 Å². The van der Waals surface area contributed by atoms with E-state index in [4.69, 9.17) is 0 Å². The fourth-order valence-electron chi connectivity index (χ4n) is 4.50. The highest BCUT2D eigenvalue weighted by molar-refractivity contribution is 5.26. The minimum absolute atomic E-state index is 0.834. The van der Waals surface area contributed by atoms with E-state index >= 15 is 0 Å². The summed E-state index contributed by atoms with van der Waals surface area (Å²) in [6, 6.07) is 0. The largest absolute Gasteiger partial charge is 0.0808 e. The third-order valence-electron chi connectivity index (χ3n) is 6.18. The predicted octanol–water partition coefficient (Wildman–Crippen LogP) is 7.85. The van der Waals surface area contributed by atoms with Crippen molar-refractivity contribution in [1.82, 2.24) is 0 Å². The second kappa shape index (κ2) is 11.1. The highest BCUT2D eigenvalue weighted by atomic mass is 14.3. The van der Waals surface area contributed by atoms with Crippen molar-refractivity contribution >= 4 is 0 Å². The van der Waals surface area contributed by atoms with Crippen molar-refractivity contribution in [2.45, 2.75) is 104 Å². The Morgan fingerprint density at radius 1 is 0.826 bits per heavy atom. The van der Waals surface area contributed by atoms with Crippen LogP contribution in [0.1, 0.15) is 104 Å². The maximum Gasteiger partial charge on any atom is -0.0165 e. The van der Waals surface area contributed by atoms with E-state index in [1.54, 1.807) is 5.57 Å². The molecule has 2 rings (SSSR count). The minimum Gasteiger partial charge on any atom is -0.0808 e. The van der Waals surface area contributed by atoms with Crippen LogP contribution in [0.15, 0.2) is 23.8 Å².